The molecule has 84 valence electrons. The normalized spacial score (nSPS) is 12.6. The molecule has 0 spiro atoms. The van der Waals surface area contributed by atoms with Gasteiger partial charge >= 0.3 is 0 Å². The van der Waals surface area contributed by atoms with Gasteiger partial charge in [-0.05, 0) is 30.0 Å². The van der Waals surface area contributed by atoms with Crippen molar-refractivity contribution < 1.29 is 0 Å². The second-order valence-electron chi connectivity index (χ2n) is 3.59. The van der Waals surface area contributed by atoms with Gasteiger partial charge in [0.25, 0.3) is 0 Å². The standard InChI is InChI=1S/C12H11BrClNS/c13-6-10(5-12-7-16-8-15-12)9-1-3-11(14)4-2-9/h1-4,7-8,10H,5-6H2. The molecule has 2 aromatic rings. The van der Waals surface area contributed by atoms with Crippen LogP contribution in [0, 0.1) is 0 Å². The molecule has 0 saturated carbocycles. The van der Waals surface area contributed by atoms with Crippen LogP contribution in [-0.4, -0.2) is 10.3 Å². The van der Waals surface area contributed by atoms with Crippen molar-refractivity contribution in [3.63, 3.8) is 0 Å². The van der Waals surface area contributed by atoms with E-state index in [0.717, 1.165) is 22.5 Å². The van der Waals surface area contributed by atoms with Crippen molar-refractivity contribution in [2.45, 2.75) is 12.3 Å². The van der Waals surface area contributed by atoms with Crippen LogP contribution in [0.25, 0.3) is 0 Å². The van der Waals surface area contributed by atoms with E-state index in [1.54, 1.807) is 11.3 Å². The maximum absolute atomic E-state index is 5.88. The van der Waals surface area contributed by atoms with Crippen LogP contribution in [-0.2, 0) is 6.42 Å². The van der Waals surface area contributed by atoms with Crippen molar-refractivity contribution in [3.8, 4) is 0 Å². The molecule has 0 fully saturated rings. The number of hydrogen-bond acceptors (Lipinski definition) is 2. The Bertz CT molecular complexity index is 427. The van der Waals surface area contributed by atoms with Crippen molar-refractivity contribution in [2.24, 2.45) is 0 Å². The quantitative estimate of drug-likeness (QED) is 0.756. The summed E-state index contributed by atoms with van der Waals surface area (Å²) in [6.45, 7) is 0. The predicted octanol–water partition coefficient (Wildman–Crippen LogP) is 4.52. The summed E-state index contributed by atoms with van der Waals surface area (Å²) >= 11 is 11.1. The molecule has 0 aliphatic carbocycles. The number of benzene rings is 1. The third kappa shape index (κ3) is 3.06. The van der Waals surface area contributed by atoms with Crippen LogP contribution in [0.4, 0.5) is 0 Å². The zero-order valence-corrected chi connectivity index (χ0v) is 11.7. The molecular formula is C12H11BrClNS. The average molecular weight is 317 g/mol. The van der Waals surface area contributed by atoms with Gasteiger partial charge in [-0.3, -0.25) is 0 Å². The van der Waals surface area contributed by atoms with Gasteiger partial charge in [0, 0.05) is 15.7 Å². The topological polar surface area (TPSA) is 12.9 Å². The molecule has 1 aromatic heterocycles. The number of aromatic nitrogens is 1. The van der Waals surface area contributed by atoms with E-state index in [4.69, 9.17) is 11.6 Å². The van der Waals surface area contributed by atoms with E-state index in [2.05, 4.69) is 38.4 Å². The maximum atomic E-state index is 5.88. The molecule has 1 aromatic carbocycles. The van der Waals surface area contributed by atoms with E-state index in [0.29, 0.717) is 5.92 Å². The molecule has 1 nitrogen and oxygen atoms in total. The van der Waals surface area contributed by atoms with Gasteiger partial charge in [-0.1, -0.05) is 39.7 Å². The van der Waals surface area contributed by atoms with Crippen LogP contribution >= 0.6 is 38.9 Å². The third-order valence-electron chi connectivity index (χ3n) is 2.47. The smallest absolute Gasteiger partial charge is 0.0794 e. The van der Waals surface area contributed by atoms with E-state index in [-0.39, 0.29) is 0 Å². The monoisotopic (exact) mass is 315 g/mol. The minimum Gasteiger partial charge on any atom is -0.250 e. The van der Waals surface area contributed by atoms with Crippen molar-refractivity contribution in [3.05, 3.63) is 51.4 Å². The highest BCUT2D eigenvalue weighted by molar-refractivity contribution is 9.09. The summed E-state index contributed by atoms with van der Waals surface area (Å²) in [6.07, 6.45) is 0.969. The van der Waals surface area contributed by atoms with Crippen LogP contribution in [0.3, 0.4) is 0 Å². The molecule has 0 amide bonds. The summed E-state index contributed by atoms with van der Waals surface area (Å²) in [4.78, 5) is 4.32. The Kier molecular flexibility index (Phi) is 4.38. The van der Waals surface area contributed by atoms with Gasteiger partial charge < -0.3 is 0 Å². The summed E-state index contributed by atoms with van der Waals surface area (Å²) in [5.74, 6) is 0.458. The van der Waals surface area contributed by atoms with Crippen LogP contribution < -0.4 is 0 Å². The number of alkyl halides is 1. The molecule has 0 aliphatic rings. The van der Waals surface area contributed by atoms with Crippen LogP contribution in [0.15, 0.2) is 35.2 Å². The lowest BCUT2D eigenvalue weighted by Crippen LogP contribution is -2.04. The Labute approximate surface area is 113 Å². The number of hydrogen-bond donors (Lipinski definition) is 0. The fourth-order valence-electron chi connectivity index (χ4n) is 1.59. The number of halogens is 2. The first-order valence-corrected chi connectivity index (χ1v) is 7.42. The van der Waals surface area contributed by atoms with Gasteiger partial charge in [0.1, 0.15) is 0 Å². The average Bonchev–Trinajstić information content (AvgIpc) is 2.80. The SMILES string of the molecule is Clc1ccc(C(CBr)Cc2cscn2)cc1. The predicted molar refractivity (Wildman–Crippen MR) is 73.8 cm³/mol. The van der Waals surface area contributed by atoms with Crippen molar-refractivity contribution >= 4 is 38.9 Å². The zero-order chi connectivity index (χ0) is 11.4. The third-order valence-corrected chi connectivity index (χ3v) is 4.14. The van der Waals surface area contributed by atoms with Crippen molar-refractivity contribution in [2.75, 3.05) is 5.33 Å². The van der Waals surface area contributed by atoms with Crippen molar-refractivity contribution in [1.82, 2.24) is 4.98 Å². The number of rotatable bonds is 4. The van der Waals surface area contributed by atoms with Gasteiger partial charge in [-0.2, -0.15) is 0 Å². The summed E-state index contributed by atoms with van der Waals surface area (Å²) in [5.41, 5.74) is 4.33. The van der Waals surface area contributed by atoms with Crippen LogP contribution in [0.2, 0.25) is 5.02 Å². The highest BCUT2D eigenvalue weighted by Gasteiger charge is 2.11. The highest BCUT2D eigenvalue weighted by Crippen LogP contribution is 2.24. The van der Waals surface area contributed by atoms with Crippen LogP contribution in [0.1, 0.15) is 17.2 Å². The van der Waals surface area contributed by atoms with Gasteiger partial charge in [0.2, 0.25) is 0 Å². The maximum Gasteiger partial charge on any atom is 0.0794 e. The largest absolute Gasteiger partial charge is 0.250 e. The fraction of sp³-hybridized carbons (Fsp3) is 0.250. The minimum absolute atomic E-state index is 0.458. The molecule has 0 saturated heterocycles. The molecule has 0 N–H and O–H groups in total. The first-order chi connectivity index (χ1) is 7.79. The van der Waals surface area contributed by atoms with E-state index in [9.17, 15) is 0 Å². The summed E-state index contributed by atoms with van der Waals surface area (Å²) in [7, 11) is 0. The summed E-state index contributed by atoms with van der Waals surface area (Å²) in [6, 6.07) is 8.04. The Morgan fingerprint density at radius 2 is 2.06 bits per heavy atom. The van der Waals surface area contributed by atoms with Gasteiger partial charge in [-0.25, -0.2) is 4.98 Å². The molecule has 0 bridgehead atoms. The Hall–Kier alpha value is -0.380. The molecule has 4 heteroatoms. The molecule has 1 heterocycles. The number of nitrogens with zero attached hydrogens (tertiary/aromatic N) is 1. The zero-order valence-electron chi connectivity index (χ0n) is 8.57. The first kappa shape index (κ1) is 12.1. The van der Waals surface area contributed by atoms with E-state index < -0.39 is 0 Å². The second-order valence-corrected chi connectivity index (χ2v) is 5.39. The first-order valence-electron chi connectivity index (χ1n) is 4.98. The van der Waals surface area contributed by atoms with E-state index >= 15 is 0 Å². The van der Waals surface area contributed by atoms with Crippen LogP contribution in [0.5, 0.6) is 0 Å². The lowest BCUT2D eigenvalue weighted by Gasteiger charge is -2.13. The minimum atomic E-state index is 0.458. The lowest BCUT2D eigenvalue weighted by atomic mass is 9.97. The summed E-state index contributed by atoms with van der Waals surface area (Å²) in [5, 5.41) is 3.82. The van der Waals surface area contributed by atoms with Crippen molar-refractivity contribution in [1.29, 1.82) is 0 Å². The molecule has 0 radical (unpaired) electrons. The number of thiazole rings is 1. The second kappa shape index (κ2) is 5.80. The summed E-state index contributed by atoms with van der Waals surface area (Å²) < 4.78 is 0. The Morgan fingerprint density at radius 1 is 1.31 bits per heavy atom. The molecular weight excluding hydrogens is 306 g/mol. The molecule has 0 aliphatic heterocycles. The highest BCUT2D eigenvalue weighted by atomic mass is 79.9. The Balaban J connectivity index is 2.13. The lowest BCUT2D eigenvalue weighted by molar-refractivity contribution is 0.760. The van der Waals surface area contributed by atoms with Gasteiger partial charge in [0.05, 0.1) is 11.2 Å². The molecule has 1 atom stereocenters. The van der Waals surface area contributed by atoms with E-state index in [1.165, 1.54) is 5.56 Å². The molecule has 16 heavy (non-hydrogen) atoms. The fourth-order valence-corrected chi connectivity index (χ4v) is 2.89. The van der Waals surface area contributed by atoms with E-state index in [1.807, 2.05) is 17.6 Å². The molecule has 2 rings (SSSR count). The van der Waals surface area contributed by atoms with Gasteiger partial charge in [0.15, 0.2) is 0 Å². The Morgan fingerprint density at radius 3 is 2.62 bits per heavy atom. The molecule has 1 unspecified atom stereocenters. The van der Waals surface area contributed by atoms with Gasteiger partial charge in [-0.15, -0.1) is 11.3 Å².